The fraction of sp³-hybridized carbons (Fsp3) is 0.341. The number of fused-ring (bicyclic) bond motifs is 6. The van der Waals surface area contributed by atoms with Crippen LogP contribution in [0.15, 0.2) is 249 Å². The molecule has 0 atom stereocenters. The minimum Gasteiger partial charge on any atom is -0.497 e. The normalized spacial score (nSPS) is 11.9. The van der Waals surface area contributed by atoms with Crippen LogP contribution in [0.3, 0.4) is 0 Å². The number of methoxy groups -OCH3 is 4. The molecule has 0 N–H and O–H groups in total. The minimum atomic E-state index is -1.23. The molecule has 9 aromatic rings. The topological polar surface area (TPSA) is 46.2 Å². The van der Waals surface area contributed by atoms with Gasteiger partial charge in [-0.2, -0.15) is 0 Å². The van der Waals surface area contributed by atoms with Gasteiger partial charge in [0.25, 0.3) is 0 Å². The average Bonchev–Trinajstić information content (AvgIpc) is 1.57. The van der Waals surface area contributed by atoms with Crippen LogP contribution in [0.5, 0.6) is 11.5 Å². The molecule has 0 amide bonds. The highest BCUT2D eigenvalue weighted by molar-refractivity contribution is 6.83. The maximum absolute atomic E-state index is 5.90. The molecule has 0 bridgehead atoms. The van der Waals surface area contributed by atoms with Crippen molar-refractivity contribution in [1.29, 1.82) is 0 Å². The molecule has 11 rings (SSSR count). The molecule has 0 radical (unpaired) electrons. The summed E-state index contributed by atoms with van der Waals surface area (Å²) in [5.41, 5.74) is 14.8. The van der Waals surface area contributed by atoms with E-state index < -0.39 is 24.7 Å². The van der Waals surface area contributed by atoms with Gasteiger partial charge >= 0.3 is 0 Å². The van der Waals surface area contributed by atoms with E-state index in [9.17, 15) is 0 Å². The van der Waals surface area contributed by atoms with Crippen LogP contribution in [0.25, 0.3) is 22.3 Å². The van der Waals surface area contributed by atoms with E-state index in [-0.39, 0.29) is 10.8 Å². The van der Waals surface area contributed by atoms with E-state index in [1.54, 1.807) is 42.7 Å². The maximum atomic E-state index is 5.90. The lowest BCUT2D eigenvalue weighted by Crippen LogP contribution is -2.39. The number of hydrogen-bond donors (Lipinski definition) is 0. The van der Waals surface area contributed by atoms with Crippen molar-refractivity contribution in [2.75, 3.05) is 42.7 Å². The SMILES string of the molecule is CC.CC.CC(C)(C)c1ccccc1.CC1(C)c2ccccc2-c2ccccc21.COC.COC.COc1ccc(C2(c3ccc(OC)cc3)c3ccccc3-c3ccccc32)cc1.C[Si](C)(C)C.C[Si](C)(C)O[Si](C)(C)C.c1ccccc1.c1ccccc1. The summed E-state index contributed by atoms with van der Waals surface area (Å²) in [5.74, 6) is 1.72. The van der Waals surface area contributed by atoms with Crippen LogP contribution in [0.4, 0.5) is 0 Å². The molecule has 2 aliphatic rings. The number of benzene rings is 9. The lowest BCUT2D eigenvalue weighted by molar-refractivity contribution is 0.277. The fourth-order valence-electron chi connectivity index (χ4n) is 10.0. The van der Waals surface area contributed by atoms with Crippen molar-refractivity contribution < 1.29 is 23.1 Å². The average molecular weight is 1270 g/mol. The molecular weight excluding hydrogens is 1150 g/mol. The summed E-state index contributed by atoms with van der Waals surface area (Å²) in [6, 6.07) is 86.4. The Labute approximate surface area is 552 Å². The van der Waals surface area contributed by atoms with Gasteiger partial charge in [0.2, 0.25) is 0 Å². The summed E-state index contributed by atoms with van der Waals surface area (Å²) < 4.78 is 25.2. The zero-order valence-electron chi connectivity index (χ0n) is 60.2. The molecule has 8 heteroatoms. The summed E-state index contributed by atoms with van der Waals surface area (Å²) >= 11 is 0. The summed E-state index contributed by atoms with van der Waals surface area (Å²) in [6.07, 6.45) is 0. The van der Waals surface area contributed by atoms with Crippen molar-refractivity contribution in [3.05, 3.63) is 288 Å². The highest BCUT2D eigenvalue weighted by Gasteiger charge is 2.46. The van der Waals surface area contributed by atoms with E-state index in [0.717, 1.165) is 11.5 Å². The molecule has 0 fully saturated rings. The molecule has 0 unspecified atom stereocenters. The monoisotopic (exact) mass is 1260 g/mol. The summed E-state index contributed by atoms with van der Waals surface area (Å²) in [6.45, 7) is 42.0. The van der Waals surface area contributed by atoms with Crippen molar-refractivity contribution in [3.8, 4) is 33.8 Å². The van der Waals surface area contributed by atoms with Gasteiger partial charge in [0.05, 0.1) is 19.6 Å². The molecule has 0 heterocycles. The molecule has 486 valence electrons. The van der Waals surface area contributed by atoms with E-state index in [0.29, 0.717) is 5.41 Å². The van der Waals surface area contributed by atoms with Gasteiger partial charge in [-0.25, -0.2) is 0 Å². The summed E-state index contributed by atoms with van der Waals surface area (Å²) in [5, 5.41) is 0. The first-order valence-electron chi connectivity index (χ1n) is 31.9. The molecule has 5 nitrogen and oxygen atoms in total. The zero-order valence-corrected chi connectivity index (χ0v) is 63.2. The van der Waals surface area contributed by atoms with Gasteiger partial charge in [-0.15, -0.1) is 0 Å². The second-order valence-corrected chi connectivity index (χ2v) is 41.3. The first-order chi connectivity index (χ1) is 42.6. The predicted molar refractivity (Wildman–Crippen MR) is 404 cm³/mol. The Kier molecular flexibility index (Phi) is 37.4. The second-order valence-electron chi connectivity index (χ2n) is 26.1. The Hall–Kier alpha value is -6.89. The van der Waals surface area contributed by atoms with Crippen LogP contribution in [0, 0.1) is 0 Å². The lowest BCUT2D eigenvalue weighted by Gasteiger charge is -2.34. The third-order valence-electron chi connectivity index (χ3n) is 13.1. The number of rotatable bonds is 6. The Morgan fingerprint density at radius 1 is 0.300 bits per heavy atom. The molecule has 0 aliphatic heterocycles. The number of ether oxygens (including phenoxy) is 4. The van der Waals surface area contributed by atoms with E-state index in [4.69, 9.17) is 13.6 Å². The van der Waals surface area contributed by atoms with Gasteiger partial charge in [-0.3, -0.25) is 0 Å². The molecule has 9 aromatic carbocycles. The van der Waals surface area contributed by atoms with Gasteiger partial charge in [0.1, 0.15) is 11.5 Å². The van der Waals surface area contributed by atoms with E-state index >= 15 is 0 Å². The maximum Gasteiger partial charge on any atom is 0.170 e. The fourth-order valence-corrected chi connectivity index (χ4v) is 17.4. The molecule has 90 heavy (non-hydrogen) atoms. The van der Waals surface area contributed by atoms with Crippen LogP contribution in [0.2, 0.25) is 65.5 Å². The first-order valence-corrected chi connectivity index (χ1v) is 42.7. The standard InChI is InChI=1S/C27H22O2.C15H14.C10H14.C6H18OSi2.2C6H6.C4H12Si.2C2H6O.2C2H6/c1-28-21-15-11-19(12-16-21)27(20-13-17-22(29-2)18-14-20)25-9-5-3-7-23(25)24-8-4-6-10-26(24)27;1-15(2)13-9-5-3-7-11(13)12-8-4-6-10-14(12)15;1-10(2,3)9-7-5-4-6-8-9;1-8(2,3)7-9(4,5)6;2*1-2-4-6-5-3-1;1-5(2,3)4;2*1-3-2;2*1-2/h3-18H,1-2H3;3-10H,1-2H3;4-8H,1-3H3;1-6H3;2*1-6H;1-4H3;2*1-2H3;2*1-2H3. The van der Waals surface area contributed by atoms with Gasteiger partial charge in [0, 0.05) is 41.9 Å². The molecule has 0 spiro atoms. The van der Waals surface area contributed by atoms with Crippen molar-refractivity contribution in [2.24, 2.45) is 0 Å². The van der Waals surface area contributed by atoms with Crippen LogP contribution in [-0.4, -0.2) is 67.4 Å². The molecule has 2 aliphatic carbocycles. The van der Waals surface area contributed by atoms with Gasteiger partial charge < -0.3 is 23.1 Å². The zero-order chi connectivity index (χ0) is 68.0. The third kappa shape index (κ3) is 27.7. The highest BCUT2D eigenvalue weighted by Crippen LogP contribution is 2.56. The van der Waals surface area contributed by atoms with Crippen molar-refractivity contribution in [3.63, 3.8) is 0 Å². The van der Waals surface area contributed by atoms with Crippen LogP contribution >= 0.6 is 0 Å². The van der Waals surface area contributed by atoms with E-state index in [1.165, 1.54) is 61.2 Å². The molecule has 0 saturated heterocycles. The Balaban J connectivity index is 0.000000563. The highest BCUT2D eigenvalue weighted by atomic mass is 28.4. The van der Waals surface area contributed by atoms with Gasteiger partial charge in [-0.1, -0.05) is 313 Å². The van der Waals surface area contributed by atoms with Crippen molar-refractivity contribution in [2.45, 2.75) is 144 Å². The summed E-state index contributed by atoms with van der Waals surface area (Å²) in [4.78, 5) is 0. The van der Waals surface area contributed by atoms with Crippen molar-refractivity contribution >= 4 is 24.7 Å². The Morgan fingerprint density at radius 3 is 0.722 bits per heavy atom. The third-order valence-corrected chi connectivity index (χ3v) is 18.0. The van der Waals surface area contributed by atoms with Gasteiger partial charge in [-0.05, 0) is 130 Å². The van der Waals surface area contributed by atoms with Crippen LogP contribution in [-0.2, 0) is 29.8 Å². The Morgan fingerprint density at radius 2 is 0.511 bits per heavy atom. The molecular formula is C82H116O5Si3. The van der Waals surface area contributed by atoms with Crippen LogP contribution < -0.4 is 9.47 Å². The Bertz CT molecular complexity index is 3000. The summed E-state index contributed by atoms with van der Waals surface area (Å²) in [7, 11) is 6.83. The van der Waals surface area contributed by atoms with Crippen molar-refractivity contribution in [1.82, 2.24) is 0 Å². The van der Waals surface area contributed by atoms with E-state index in [1.807, 2.05) is 125 Å². The molecule has 0 aromatic heterocycles. The lowest BCUT2D eigenvalue weighted by atomic mass is 9.68. The number of hydrogen-bond acceptors (Lipinski definition) is 5. The second kappa shape index (κ2) is 41.5. The quantitative estimate of drug-likeness (QED) is 0.155. The molecule has 0 saturated carbocycles. The largest absolute Gasteiger partial charge is 0.497 e. The van der Waals surface area contributed by atoms with Crippen LogP contribution in [0.1, 0.15) is 101 Å². The minimum absolute atomic E-state index is 0.160. The van der Waals surface area contributed by atoms with E-state index in [2.05, 4.69) is 261 Å². The predicted octanol–water partition coefficient (Wildman–Crippen LogP) is 23.6. The van der Waals surface area contributed by atoms with Gasteiger partial charge in [0.15, 0.2) is 16.6 Å². The first kappa shape index (κ1) is 81.1. The smallest absolute Gasteiger partial charge is 0.170 e.